The summed E-state index contributed by atoms with van der Waals surface area (Å²) in [5.41, 5.74) is 6.84. The first-order valence-electron chi connectivity index (χ1n) is 7.89. The first-order chi connectivity index (χ1) is 11.3. The van der Waals surface area contributed by atoms with Crippen molar-refractivity contribution in [2.45, 2.75) is 39.0 Å². The Balaban J connectivity index is 2.38. The highest BCUT2D eigenvalue weighted by molar-refractivity contribution is 5.90. The third-order valence-electron chi connectivity index (χ3n) is 3.93. The van der Waals surface area contributed by atoms with Crippen molar-refractivity contribution in [3.63, 3.8) is 0 Å². The SMILES string of the molecule is C[C@@H](CCCC(=O)Nc1ccc(N)cc1)C(CCC(=O)O)C(=O)O. The van der Waals surface area contributed by atoms with E-state index in [-0.39, 0.29) is 31.1 Å². The maximum atomic E-state index is 11.9. The van der Waals surface area contributed by atoms with E-state index in [9.17, 15) is 19.5 Å². The minimum Gasteiger partial charge on any atom is -0.481 e. The first-order valence-corrected chi connectivity index (χ1v) is 7.89. The zero-order chi connectivity index (χ0) is 18.1. The Morgan fingerprint density at radius 3 is 2.25 bits per heavy atom. The normalized spacial score (nSPS) is 13.0. The molecule has 0 spiro atoms. The van der Waals surface area contributed by atoms with E-state index in [1.54, 1.807) is 31.2 Å². The van der Waals surface area contributed by atoms with Gasteiger partial charge in [0, 0.05) is 24.2 Å². The first kappa shape index (κ1) is 19.5. The Bertz CT molecular complexity index is 571. The fourth-order valence-electron chi connectivity index (χ4n) is 2.51. The van der Waals surface area contributed by atoms with Crippen LogP contribution in [0.15, 0.2) is 24.3 Å². The summed E-state index contributed by atoms with van der Waals surface area (Å²) in [4.78, 5) is 33.7. The molecule has 0 saturated carbocycles. The maximum absolute atomic E-state index is 11.9. The van der Waals surface area contributed by atoms with Gasteiger partial charge in [-0.2, -0.15) is 0 Å². The Kier molecular flexibility index (Phi) is 7.74. The highest BCUT2D eigenvalue weighted by atomic mass is 16.4. The number of nitrogens with one attached hydrogen (secondary N) is 1. The number of rotatable bonds is 10. The number of aliphatic carboxylic acids is 2. The fraction of sp³-hybridized carbons (Fsp3) is 0.471. The second kappa shape index (κ2) is 9.54. The molecule has 1 aromatic carbocycles. The summed E-state index contributed by atoms with van der Waals surface area (Å²) in [5.74, 6) is -3.04. The van der Waals surface area contributed by atoms with Gasteiger partial charge in [0.2, 0.25) is 5.91 Å². The minimum absolute atomic E-state index is 0.101. The highest BCUT2D eigenvalue weighted by Gasteiger charge is 2.25. The molecule has 132 valence electrons. The van der Waals surface area contributed by atoms with Gasteiger partial charge in [-0.25, -0.2) is 0 Å². The molecule has 24 heavy (non-hydrogen) atoms. The molecule has 0 aliphatic carbocycles. The summed E-state index contributed by atoms with van der Waals surface area (Å²) in [5, 5.41) is 20.6. The van der Waals surface area contributed by atoms with Crippen LogP contribution in [0.1, 0.15) is 39.0 Å². The van der Waals surface area contributed by atoms with Gasteiger partial charge in [-0.15, -0.1) is 0 Å². The number of benzene rings is 1. The van der Waals surface area contributed by atoms with Crippen LogP contribution in [0.25, 0.3) is 0 Å². The van der Waals surface area contributed by atoms with Crippen LogP contribution < -0.4 is 11.1 Å². The van der Waals surface area contributed by atoms with Crippen LogP contribution in [0.2, 0.25) is 0 Å². The zero-order valence-electron chi connectivity index (χ0n) is 13.7. The number of hydrogen-bond acceptors (Lipinski definition) is 4. The molecule has 5 N–H and O–H groups in total. The molecular weight excluding hydrogens is 312 g/mol. The number of amides is 1. The van der Waals surface area contributed by atoms with Gasteiger partial charge in [0.05, 0.1) is 5.92 Å². The Morgan fingerprint density at radius 1 is 1.08 bits per heavy atom. The van der Waals surface area contributed by atoms with E-state index >= 15 is 0 Å². The minimum atomic E-state index is -1.00. The average molecular weight is 336 g/mol. The van der Waals surface area contributed by atoms with Crippen LogP contribution in [0.5, 0.6) is 0 Å². The molecule has 0 aliphatic heterocycles. The number of carboxylic acids is 2. The second-order valence-corrected chi connectivity index (χ2v) is 5.92. The molecule has 7 nitrogen and oxygen atoms in total. The van der Waals surface area contributed by atoms with Gasteiger partial charge >= 0.3 is 11.9 Å². The Labute approximate surface area is 140 Å². The predicted octanol–water partition coefficient (Wildman–Crippen LogP) is 2.58. The number of nitrogen functional groups attached to an aromatic ring is 1. The van der Waals surface area contributed by atoms with E-state index < -0.39 is 17.9 Å². The molecule has 0 saturated heterocycles. The molecule has 1 rings (SSSR count). The lowest BCUT2D eigenvalue weighted by molar-refractivity contribution is -0.144. The summed E-state index contributed by atoms with van der Waals surface area (Å²) < 4.78 is 0. The highest BCUT2D eigenvalue weighted by Crippen LogP contribution is 2.23. The molecule has 0 aromatic heterocycles. The van der Waals surface area contributed by atoms with E-state index in [4.69, 9.17) is 10.8 Å². The van der Waals surface area contributed by atoms with Crippen LogP contribution in [0.3, 0.4) is 0 Å². The van der Waals surface area contributed by atoms with Crippen LogP contribution in [-0.2, 0) is 14.4 Å². The van der Waals surface area contributed by atoms with Crippen molar-refractivity contribution in [2.75, 3.05) is 11.1 Å². The largest absolute Gasteiger partial charge is 0.481 e. The lowest BCUT2D eigenvalue weighted by Gasteiger charge is -2.19. The van der Waals surface area contributed by atoms with Crippen molar-refractivity contribution in [1.82, 2.24) is 0 Å². The number of hydrogen-bond donors (Lipinski definition) is 4. The Hall–Kier alpha value is -2.57. The van der Waals surface area contributed by atoms with Gasteiger partial charge in [-0.05, 0) is 49.4 Å². The second-order valence-electron chi connectivity index (χ2n) is 5.92. The summed E-state index contributed by atoms with van der Waals surface area (Å²) >= 11 is 0. The predicted molar refractivity (Wildman–Crippen MR) is 90.5 cm³/mol. The number of nitrogens with two attached hydrogens (primary N) is 1. The molecule has 0 bridgehead atoms. The van der Waals surface area contributed by atoms with Crippen molar-refractivity contribution in [3.05, 3.63) is 24.3 Å². The van der Waals surface area contributed by atoms with Crippen LogP contribution in [0.4, 0.5) is 11.4 Å². The van der Waals surface area contributed by atoms with Gasteiger partial charge in [0.1, 0.15) is 0 Å². The maximum Gasteiger partial charge on any atom is 0.306 e. The monoisotopic (exact) mass is 336 g/mol. The molecule has 2 atom stereocenters. The van der Waals surface area contributed by atoms with Gasteiger partial charge in [0.15, 0.2) is 0 Å². The lowest BCUT2D eigenvalue weighted by atomic mass is 9.86. The van der Waals surface area contributed by atoms with E-state index in [2.05, 4.69) is 5.32 Å². The molecule has 1 amide bonds. The third kappa shape index (κ3) is 7.13. The van der Waals surface area contributed by atoms with E-state index in [1.807, 2.05) is 0 Å². The third-order valence-corrected chi connectivity index (χ3v) is 3.93. The molecule has 0 heterocycles. The van der Waals surface area contributed by atoms with Gasteiger partial charge in [-0.3, -0.25) is 14.4 Å². The molecule has 1 aromatic rings. The van der Waals surface area contributed by atoms with Gasteiger partial charge < -0.3 is 21.3 Å². The average Bonchev–Trinajstić information content (AvgIpc) is 2.49. The standard InChI is InChI=1S/C17H24N2O5/c1-11(14(17(23)24)9-10-16(21)22)3-2-4-15(20)19-13-7-5-12(18)6-8-13/h5-8,11,14H,2-4,9-10,18H2,1H3,(H,19,20)(H,21,22)(H,23,24)/t11-,14?/m0/s1. The van der Waals surface area contributed by atoms with E-state index in [1.165, 1.54) is 0 Å². The molecule has 0 aliphatic rings. The van der Waals surface area contributed by atoms with Crippen LogP contribution in [-0.4, -0.2) is 28.1 Å². The summed E-state index contributed by atoms with van der Waals surface area (Å²) in [7, 11) is 0. The summed E-state index contributed by atoms with van der Waals surface area (Å²) in [6, 6.07) is 6.81. The molecule has 7 heteroatoms. The van der Waals surface area contributed by atoms with Crippen LogP contribution >= 0.6 is 0 Å². The smallest absolute Gasteiger partial charge is 0.306 e. The number of carboxylic acid groups (broad SMARTS) is 2. The van der Waals surface area contributed by atoms with Crippen molar-refractivity contribution in [3.8, 4) is 0 Å². The fourth-order valence-corrected chi connectivity index (χ4v) is 2.51. The van der Waals surface area contributed by atoms with Crippen molar-refractivity contribution < 1.29 is 24.6 Å². The number of anilines is 2. The van der Waals surface area contributed by atoms with Gasteiger partial charge in [0.25, 0.3) is 0 Å². The molecule has 1 unspecified atom stereocenters. The number of carbonyl (C=O) groups is 3. The molecular formula is C17H24N2O5. The van der Waals surface area contributed by atoms with Crippen molar-refractivity contribution in [2.24, 2.45) is 11.8 Å². The molecule has 0 fully saturated rings. The van der Waals surface area contributed by atoms with Gasteiger partial charge in [-0.1, -0.05) is 6.92 Å². The van der Waals surface area contributed by atoms with Crippen molar-refractivity contribution in [1.29, 1.82) is 0 Å². The van der Waals surface area contributed by atoms with E-state index in [0.29, 0.717) is 24.2 Å². The quantitative estimate of drug-likeness (QED) is 0.486. The molecule has 0 radical (unpaired) electrons. The van der Waals surface area contributed by atoms with E-state index in [0.717, 1.165) is 0 Å². The zero-order valence-corrected chi connectivity index (χ0v) is 13.7. The summed E-state index contributed by atoms with van der Waals surface area (Å²) in [6.07, 6.45) is 1.30. The number of carbonyl (C=O) groups excluding carboxylic acids is 1. The van der Waals surface area contributed by atoms with Crippen LogP contribution in [0, 0.1) is 11.8 Å². The van der Waals surface area contributed by atoms with Crippen molar-refractivity contribution >= 4 is 29.2 Å². The topological polar surface area (TPSA) is 130 Å². The lowest BCUT2D eigenvalue weighted by Crippen LogP contribution is -2.23. The Morgan fingerprint density at radius 2 is 1.71 bits per heavy atom. The summed E-state index contributed by atoms with van der Waals surface area (Å²) in [6.45, 7) is 1.78.